The Morgan fingerprint density at radius 2 is 1.03 bits per heavy atom. The molecule has 2 aromatic carbocycles. The predicted molar refractivity (Wildman–Crippen MR) is 137 cm³/mol. The monoisotopic (exact) mass is 476 g/mol. The Bertz CT molecular complexity index is 1260. The van der Waals surface area contributed by atoms with Crippen molar-refractivity contribution in [3.8, 4) is 20.9 Å². The van der Waals surface area contributed by atoms with E-state index < -0.39 is 16.6 Å². The topological polar surface area (TPSA) is 40.5 Å². The van der Waals surface area contributed by atoms with Gasteiger partial charge in [0.25, 0.3) is 0 Å². The maximum atomic E-state index is 10.9. The molecule has 0 saturated heterocycles. The molecule has 6 rings (SSSR count). The molecule has 4 aromatic rings. The van der Waals surface area contributed by atoms with Crippen LogP contribution in [0.25, 0.3) is 20.9 Å². The highest BCUT2D eigenvalue weighted by molar-refractivity contribution is 7.21. The summed E-state index contributed by atoms with van der Waals surface area (Å²) in [5.41, 5.74) is 7.39. The van der Waals surface area contributed by atoms with Gasteiger partial charge in [-0.2, -0.15) is 0 Å². The first-order valence-corrected chi connectivity index (χ1v) is 18.2. The van der Waals surface area contributed by atoms with Crippen molar-refractivity contribution in [1.82, 2.24) is 0 Å². The quantitative estimate of drug-likeness (QED) is 0.347. The Kier molecular flexibility index (Phi) is 3.94. The van der Waals surface area contributed by atoms with Crippen LogP contribution >= 0.6 is 22.7 Å². The van der Waals surface area contributed by atoms with Crippen LogP contribution in [-0.4, -0.2) is 26.2 Å². The number of hydrogen-bond acceptors (Lipinski definition) is 4. The van der Waals surface area contributed by atoms with Gasteiger partial charge in [-0.15, -0.1) is 22.7 Å². The van der Waals surface area contributed by atoms with Gasteiger partial charge < -0.3 is 9.59 Å². The van der Waals surface area contributed by atoms with Gasteiger partial charge in [0.2, 0.25) is 16.6 Å². The molecule has 0 radical (unpaired) electrons. The number of hydrogen-bond donors (Lipinski definition) is 2. The van der Waals surface area contributed by atoms with E-state index in [1.165, 1.54) is 43.1 Å². The fraction of sp³-hybridized carbons (Fsp3) is 0.200. The van der Waals surface area contributed by atoms with Crippen LogP contribution in [0.1, 0.15) is 22.3 Å². The molecule has 0 bridgehead atoms. The van der Waals surface area contributed by atoms with Gasteiger partial charge in [0.15, 0.2) is 0 Å². The first-order chi connectivity index (χ1) is 14.6. The summed E-state index contributed by atoms with van der Waals surface area (Å²) in [6.45, 7) is 7.95. The van der Waals surface area contributed by atoms with E-state index in [0.29, 0.717) is 0 Å². The minimum atomic E-state index is -2.47. The highest BCUT2D eigenvalue weighted by Crippen LogP contribution is 2.64. The van der Waals surface area contributed by atoms with Crippen LogP contribution in [-0.2, 0) is 5.41 Å². The Morgan fingerprint density at radius 1 is 0.613 bits per heavy atom. The maximum absolute atomic E-state index is 10.9. The van der Waals surface area contributed by atoms with Crippen molar-refractivity contribution in [2.45, 2.75) is 31.6 Å². The molecule has 1 spiro atoms. The van der Waals surface area contributed by atoms with Crippen molar-refractivity contribution in [2.24, 2.45) is 0 Å². The average Bonchev–Trinajstić information content (AvgIpc) is 3.44. The molecule has 6 heteroatoms. The van der Waals surface area contributed by atoms with Crippen LogP contribution in [0.2, 0.25) is 26.2 Å². The van der Waals surface area contributed by atoms with E-state index in [0.717, 1.165) is 10.4 Å². The van der Waals surface area contributed by atoms with Gasteiger partial charge >= 0.3 is 0 Å². The van der Waals surface area contributed by atoms with Gasteiger partial charge in [0, 0.05) is 9.75 Å². The van der Waals surface area contributed by atoms with Crippen molar-refractivity contribution in [3.63, 3.8) is 0 Å². The highest BCUT2D eigenvalue weighted by Gasteiger charge is 2.53. The average molecular weight is 477 g/mol. The molecular weight excluding hydrogens is 453 g/mol. The lowest BCUT2D eigenvalue weighted by Crippen LogP contribution is -2.43. The summed E-state index contributed by atoms with van der Waals surface area (Å²) < 4.78 is 0. The van der Waals surface area contributed by atoms with E-state index >= 15 is 0 Å². The minimum absolute atomic E-state index is 0.360. The van der Waals surface area contributed by atoms with Crippen LogP contribution < -0.4 is 10.4 Å². The number of rotatable bonds is 2. The minimum Gasteiger partial charge on any atom is -0.428 e. The summed E-state index contributed by atoms with van der Waals surface area (Å²) in [4.78, 5) is 24.6. The van der Waals surface area contributed by atoms with Crippen LogP contribution in [0.3, 0.4) is 0 Å². The van der Waals surface area contributed by atoms with Crippen LogP contribution in [0.15, 0.2) is 59.3 Å². The highest BCUT2D eigenvalue weighted by atomic mass is 32.1. The van der Waals surface area contributed by atoms with Crippen molar-refractivity contribution in [3.05, 3.63) is 81.5 Å². The van der Waals surface area contributed by atoms with Crippen LogP contribution in [0.5, 0.6) is 0 Å². The van der Waals surface area contributed by atoms with Gasteiger partial charge in [-0.3, -0.25) is 0 Å². The summed E-state index contributed by atoms with van der Waals surface area (Å²) in [7, 11) is -4.93. The van der Waals surface area contributed by atoms with Crippen LogP contribution in [0, 0.1) is 0 Å². The third kappa shape index (κ3) is 2.49. The molecule has 156 valence electrons. The van der Waals surface area contributed by atoms with Crippen molar-refractivity contribution in [1.29, 1.82) is 0 Å². The van der Waals surface area contributed by atoms with Gasteiger partial charge in [-0.05, 0) is 92.8 Å². The summed E-state index contributed by atoms with van der Waals surface area (Å²) >= 11 is 3.64. The van der Waals surface area contributed by atoms with E-state index in [1.807, 2.05) is 48.9 Å². The zero-order valence-corrected chi connectivity index (χ0v) is 21.6. The molecule has 2 heterocycles. The molecule has 0 atom stereocenters. The summed E-state index contributed by atoms with van der Waals surface area (Å²) in [6, 6.07) is 17.8. The van der Waals surface area contributed by atoms with E-state index in [2.05, 4.69) is 59.3 Å². The van der Waals surface area contributed by atoms with E-state index in [-0.39, 0.29) is 5.41 Å². The summed E-state index contributed by atoms with van der Waals surface area (Å²) in [5.74, 6) is 0. The lowest BCUT2D eigenvalue weighted by atomic mass is 9.71. The lowest BCUT2D eigenvalue weighted by molar-refractivity contribution is 0.567. The molecule has 2 nitrogen and oxygen atoms in total. The van der Waals surface area contributed by atoms with Crippen molar-refractivity contribution >= 4 is 49.7 Å². The van der Waals surface area contributed by atoms with Crippen LogP contribution in [0.4, 0.5) is 0 Å². The first-order valence-electron chi connectivity index (χ1n) is 10.5. The largest absolute Gasteiger partial charge is 0.428 e. The SMILES string of the molecule is C[Si](C)(O)c1ccc2c(c1)C1(c3cc([Si](C)(C)O)ccc3-2)c2ccsc2-c2sccc21. The third-order valence-corrected chi connectivity index (χ3v) is 12.3. The van der Waals surface area contributed by atoms with E-state index in [4.69, 9.17) is 0 Å². The third-order valence-electron chi connectivity index (χ3n) is 6.89. The molecular formula is C25H24O2S2Si2. The smallest absolute Gasteiger partial charge is 0.213 e. The van der Waals surface area contributed by atoms with Gasteiger partial charge in [0.1, 0.15) is 0 Å². The molecule has 2 N–H and O–H groups in total. The van der Waals surface area contributed by atoms with Crippen molar-refractivity contribution < 1.29 is 9.59 Å². The second kappa shape index (κ2) is 6.16. The van der Waals surface area contributed by atoms with E-state index in [1.54, 1.807) is 0 Å². The zero-order valence-electron chi connectivity index (χ0n) is 18.0. The number of thiophene rings is 2. The molecule has 0 amide bonds. The lowest BCUT2D eigenvalue weighted by Gasteiger charge is -2.30. The Labute approximate surface area is 192 Å². The van der Waals surface area contributed by atoms with Gasteiger partial charge in [-0.25, -0.2) is 0 Å². The Balaban J connectivity index is 1.78. The number of benzene rings is 2. The zero-order chi connectivity index (χ0) is 21.8. The summed E-state index contributed by atoms with van der Waals surface area (Å²) in [5, 5.41) is 6.54. The Hall–Kier alpha value is -1.81. The summed E-state index contributed by atoms with van der Waals surface area (Å²) in [6.07, 6.45) is 0. The van der Waals surface area contributed by atoms with Crippen molar-refractivity contribution in [2.75, 3.05) is 0 Å². The first kappa shape index (κ1) is 19.8. The molecule has 0 unspecified atom stereocenters. The van der Waals surface area contributed by atoms with Gasteiger partial charge in [-0.1, -0.05) is 36.4 Å². The van der Waals surface area contributed by atoms with Gasteiger partial charge in [0.05, 0.1) is 5.41 Å². The normalized spacial score (nSPS) is 15.7. The molecule has 0 saturated carbocycles. The molecule has 0 aliphatic heterocycles. The molecule has 31 heavy (non-hydrogen) atoms. The fourth-order valence-corrected chi connectivity index (χ4v) is 9.45. The van der Waals surface area contributed by atoms with E-state index in [9.17, 15) is 9.59 Å². The molecule has 2 aliphatic rings. The fourth-order valence-electron chi connectivity index (χ4n) is 5.37. The molecule has 0 fully saturated rings. The maximum Gasteiger partial charge on any atom is 0.213 e. The second-order valence-electron chi connectivity index (χ2n) is 9.72. The standard InChI is InChI=1S/C25H24O2S2Si2/c1-30(2,26)15-5-7-17-18-8-6-16(31(3,4)27)14-22(18)25(21(17)13-15)19-9-11-28-23(19)24-20(25)10-12-29-24/h5-14,26-27H,1-4H3. The molecule has 2 aliphatic carbocycles. The molecule has 2 aromatic heterocycles. The Morgan fingerprint density at radius 3 is 1.42 bits per heavy atom. The second-order valence-corrected chi connectivity index (χ2v) is 18.9. The predicted octanol–water partition coefficient (Wildman–Crippen LogP) is 4.96. The number of fused-ring (bicyclic) bond motifs is 10.